The fourth-order valence-corrected chi connectivity index (χ4v) is 5.91. The summed E-state index contributed by atoms with van der Waals surface area (Å²) in [5, 5.41) is 6.23. The molecule has 0 aromatic carbocycles. The van der Waals surface area contributed by atoms with Gasteiger partial charge in [0, 0.05) is 70.0 Å². The lowest BCUT2D eigenvalue weighted by molar-refractivity contribution is -0.133. The quantitative estimate of drug-likeness (QED) is 0.656. The third-order valence-corrected chi connectivity index (χ3v) is 8.05. The van der Waals surface area contributed by atoms with Gasteiger partial charge in [-0.15, -0.1) is 11.3 Å². The molecule has 5 rings (SSSR count). The summed E-state index contributed by atoms with van der Waals surface area (Å²) in [6.45, 7) is 6.13. The number of carbonyl (C=O) groups is 2. The van der Waals surface area contributed by atoms with Crippen LogP contribution in [0.4, 0.5) is 10.9 Å². The number of nitrogens with one attached hydrogen (secondary N) is 1. The van der Waals surface area contributed by atoms with Gasteiger partial charge in [0.15, 0.2) is 5.13 Å². The van der Waals surface area contributed by atoms with Crippen LogP contribution in [0.15, 0.2) is 29.8 Å². The summed E-state index contributed by atoms with van der Waals surface area (Å²) in [7, 11) is 0. The lowest BCUT2D eigenvalue weighted by Crippen LogP contribution is -2.54. The Kier molecular flexibility index (Phi) is 7.78. The molecule has 35 heavy (non-hydrogen) atoms. The molecule has 0 spiro atoms. The van der Waals surface area contributed by atoms with Crippen molar-refractivity contribution in [3.8, 4) is 0 Å². The normalized spacial score (nSPS) is 20.2. The van der Waals surface area contributed by atoms with Crippen molar-refractivity contribution in [2.45, 2.75) is 38.1 Å². The summed E-state index contributed by atoms with van der Waals surface area (Å²) < 4.78 is 0. The molecule has 0 unspecified atom stereocenters. The van der Waals surface area contributed by atoms with E-state index in [1.165, 1.54) is 43.4 Å². The minimum atomic E-state index is -0.00503. The van der Waals surface area contributed by atoms with Crippen molar-refractivity contribution >= 4 is 34.1 Å². The van der Waals surface area contributed by atoms with E-state index in [-0.39, 0.29) is 11.8 Å². The van der Waals surface area contributed by atoms with Crippen molar-refractivity contribution in [1.29, 1.82) is 0 Å². The zero-order valence-corrected chi connectivity index (χ0v) is 21.1. The molecule has 0 radical (unpaired) electrons. The Morgan fingerprint density at radius 2 is 1.69 bits per heavy atom. The van der Waals surface area contributed by atoms with E-state index < -0.39 is 0 Å². The average molecular weight is 498 g/mol. The van der Waals surface area contributed by atoms with Crippen LogP contribution in [0.3, 0.4) is 0 Å². The van der Waals surface area contributed by atoms with Crippen LogP contribution in [-0.2, 0) is 4.79 Å². The standard InChI is InChI=1S/C25H35N7O2S/c33-23(31-16-14-30(15-17-31)22-8-4-5-9-26-22)18-29-10-12-32(13-11-29)24(34)21-19-35-25(28-21)27-20-6-2-1-3-7-20/h4-5,8-9,19-20H,1-3,6-7,10-18H2,(H,27,28). The van der Waals surface area contributed by atoms with Gasteiger partial charge in [0.05, 0.1) is 6.54 Å². The van der Waals surface area contributed by atoms with Crippen molar-refractivity contribution in [3.05, 3.63) is 35.5 Å². The average Bonchev–Trinajstić information content (AvgIpc) is 3.38. The molecular formula is C25H35N7O2S. The van der Waals surface area contributed by atoms with E-state index >= 15 is 0 Å². The van der Waals surface area contributed by atoms with Crippen molar-refractivity contribution in [2.75, 3.05) is 69.1 Å². The number of nitrogens with zero attached hydrogens (tertiary/aromatic N) is 6. The van der Waals surface area contributed by atoms with Crippen LogP contribution in [0.5, 0.6) is 0 Å². The number of hydrogen-bond acceptors (Lipinski definition) is 8. The molecule has 2 aromatic heterocycles. The Morgan fingerprint density at radius 3 is 2.40 bits per heavy atom. The van der Waals surface area contributed by atoms with Crippen LogP contribution in [-0.4, -0.2) is 101 Å². The largest absolute Gasteiger partial charge is 0.359 e. The smallest absolute Gasteiger partial charge is 0.273 e. The van der Waals surface area contributed by atoms with E-state index in [9.17, 15) is 9.59 Å². The van der Waals surface area contributed by atoms with Gasteiger partial charge in [0.1, 0.15) is 11.5 Å². The predicted octanol–water partition coefficient (Wildman–Crippen LogP) is 2.39. The number of rotatable bonds is 6. The van der Waals surface area contributed by atoms with E-state index in [0.29, 0.717) is 44.5 Å². The molecule has 10 heteroatoms. The number of aromatic nitrogens is 2. The van der Waals surface area contributed by atoms with Crippen LogP contribution < -0.4 is 10.2 Å². The Hall–Kier alpha value is -2.72. The van der Waals surface area contributed by atoms with E-state index in [2.05, 4.69) is 25.1 Å². The molecule has 2 saturated heterocycles. The summed E-state index contributed by atoms with van der Waals surface area (Å²) in [6, 6.07) is 6.40. The number of amides is 2. The van der Waals surface area contributed by atoms with Gasteiger partial charge < -0.3 is 20.0 Å². The SMILES string of the molecule is O=C(CN1CCN(C(=O)c2csc(NC3CCCCC3)n2)CC1)N1CCN(c2ccccn2)CC1. The maximum atomic E-state index is 13.0. The lowest BCUT2D eigenvalue weighted by Gasteiger charge is -2.38. The van der Waals surface area contributed by atoms with Gasteiger partial charge in [0.25, 0.3) is 5.91 Å². The van der Waals surface area contributed by atoms with Crippen molar-refractivity contribution in [3.63, 3.8) is 0 Å². The van der Waals surface area contributed by atoms with Gasteiger partial charge in [-0.1, -0.05) is 25.3 Å². The number of piperazine rings is 2. The minimum absolute atomic E-state index is 0.00503. The zero-order chi connectivity index (χ0) is 24.0. The maximum absolute atomic E-state index is 13.0. The molecule has 188 valence electrons. The first-order valence-corrected chi connectivity index (χ1v) is 13.7. The van der Waals surface area contributed by atoms with E-state index in [1.54, 1.807) is 6.20 Å². The minimum Gasteiger partial charge on any atom is -0.359 e. The molecule has 3 fully saturated rings. The highest BCUT2D eigenvalue weighted by molar-refractivity contribution is 7.13. The third kappa shape index (κ3) is 6.10. The summed E-state index contributed by atoms with van der Waals surface area (Å²) >= 11 is 1.52. The first-order valence-electron chi connectivity index (χ1n) is 12.8. The molecule has 2 amide bonds. The first-order chi connectivity index (χ1) is 17.2. The van der Waals surface area contributed by atoms with E-state index in [4.69, 9.17) is 0 Å². The van der Waals surface area contributed by atoms with Crippen molar-refractivity contribution < 1.29 is 9.59 Å². The second-order valence-electron chi connectivity index (χ2n) is 9.64. The first kappa shape index (κ1) is 24.0. The number of anilines is 2. The molecular weight excluding hydrogens is 462 g/mol. The molecule has 0 atom stereocenters. The molecule has 9 nitrogen and oxygen atoms in total. The zero-order valence-electron chi connectivity index (χ0n) is 20.3. The van der Waals surface area contributed by atoms with Gasteiger partial charge >= 0.3 is 0 Å². The molecule has 2 aliphatic heterocycles. The fourth-order valence-electron chi connectivity index (χ4n) is 5.15. The van der Waals surface area contributed by atoms with Gasteiger partial charge in [-0.25, -0.2) is 9.97 Å². The Balaban J connectivity index is 1.04. The van der Waals surface area contributed by atoms with Crippen LogP contribution in [0.1, 0.15) is 42.6 Å². The van der Waals surface area contributed by atoms with Gasteiger partial charge in [0.2, 0.25) is 5.91 Å². The highest BCUT2D eigenvalue weighted by Gasteiger charge is 2.28. The molecule has 3 aliphatic rings. The third-order valence-electron chi connectivity index (χ3n) is 7.28. The second-order valence-corrected chi connectivity index (χ2v) is 10.5. The van der Waals surface area contributed by atoms with E-state index in [0.717, 1.165) is 37.1 Å². The number of thiazole rings is 1. The van der Waals surface area contributed by atoms with Gasteiger partial charge in [-0.05, 0) is 25.0 Å². The van der Waals surface area contributed by atoms with Gasteiger partial charge in [-0.3, -0.25) is 14.5 Å². The Labute approximate surface area is 211 Å². The van der Waals surface area contributed by atoms with Crippen LogP contribution in [0.2, 0.25) is 0 Å². The number of pyridine rings is 1. The lowest BCUT2D eigenvalue weighted by atomic mass is 9.96. The summed E-state index contributed by atoms with van der Waals surface area (Å²) in [5.41, 5.74) is 0.531. The highest BCUT2D eigenvalue weighted by atomic mass is 32.1. The van der Waals surface area contributed by atoms with Crippen molar-refractivity contribution in [1.82, 2.24) is 24.7 Å². The predicted molar refractivity (Wildman–Crippen MR) is 138 cm³/mol. The van der Waals surface area contributed by atoms with Crippen LogP contribution >= 0.6 is 11.3 Å². The number of carbonyl (C=O) groups excluding carboxylic acids is 2. The Bertz CT molecular complexity index is 979. The molecule has 0 bridgehead atoms. The molecule has 1 aliphatic carbocycles. The molecule has 4 heterocycles. The summed E-state index contributed by atoms with van der Waals surface area (Å²) in [5.74, 6) is 1.13. The molecule has 1 saturated carbocycles. The molecule has 2 aromatic rings. The van der Waals surface area contributed by atoms with Crippen LogP contribution in [0.25, 0.3) is 0 Å². The highest BCUT2D eigenvalue weighted by Crippen LogP contribution is 2.24. The summed E-state index contributed by atoms with van der Waals surface area (Å²) in [4.78, 5) is 43.0. The van der Waals surface area contributed by atoms with Gasteiger partial charge in [-0.2, -0.15) is 0 Å². The second kappa shape index (κ2) is 11.3. The fraction of sp³-hybridized carbons (Fsp3) is 0.600. The topological polar surface area (TPSA) is 84.9 Å². The monoisotopic (exact) mass is 497 g/mol. The molecule has 1 N–H and O–H groups in total. The number of hydrogen-bond donors (Lipinski definition) is 1. The van der Waals surface area contributed by atoms with E-state index in [1.807, 2.05) is 33.4 Å². The van der Waals surface area contributed by atoms with Crippen molar-refractivity contribution in [2.24, 2.45) is 0 Å². The maximum Gasteiger partial charge on any atom is 0.273 e. The summed E-state index contributed by atoms with van der Waals surface area (Å²) in [6.07, 6.45) is 8.03. The van der Waals surface area contributed by atoms with Crippen LogP contribution in [0, 0.1) is 0 Å². The Morgan fingerprint density at radius 1 is 0.943 bits per heavy atom.